The number of rotatable bonds is 2. The van der Waals surface area contributed by atoms with Gasteiger partial charge in [0.15, 0.2) is 0 Å². The summed E-state index contributed by atoms with van der Waals surface area (Å²) < 4.78 is 1.03. The Morgan fingerprint density at radius 2 is 2.28 bits per heavy atom. The number of carbonyl (C=O) groups excluding carboxylic acids is 1. The summed E-state index contributed by atoms with van der Waals surface area (Å²) in [6.07, 6.45) is 2.07. The van der Waals surface area contributed by atoms with Crippen LogP contribution in [0.4, 0.5) is 5.69 Å². The summed E-state index contributed by atoms with van der Waals surface area (Å²) in [5, 5.41) is 6.28. The van der Waals surface area contributed by atoms with Gasteiger partial charge in [0.25, 0.3) is 0 Å². The van der Waals surface area contributed by atoms with Gasteiger partial charge < -0.3 is 10.6 Å². The molecule has 1 saturated heterocycles. The highest BCUT2D eigenvalue weighted by Crippen LogP contribution is 2.21. The van der Waals surface area contributed by atoms with E-state index >= 15 is 0 Å². The molecule has 3 nitrogen and oxygen atoms in total. The van der Waals surface area contributed by atoms with E-state index in [1.165, 1.54) is 0 Å². The van der Waals surface area contributed by atoms with Crippen LogP contribution in [0, 0.1) is 12.8 Å². The smallest absolute Gasteiger partial charge is 0.241 e. The minimum absolute atomic E-state index is 0.0585. The second kappa shape index (κ2) is 5.85. The quantitative estimate of drug-likeness (QED) is 0.881. The van der Waals surface area contributed by atoms with E-state index in [1.807, 2.05) is 25.1 Å². The number of hydrogen-bond acceptors (Lipinski definition) is 2. The third-order valence-electron chi connectivity index (χ3n) is 3.43. The highest BCUT2D eigenvalue weighted by Gasteiger charge is 2.24. The summed E-state index contributed by atoms with van der Waals surface area (Å²) in [4.78, 5) is 12.2. The molecule has 1 fully saturated rings. The highest BCUT2D eigenvalue weighted by molar-refractivity contribution is 9.10. The van der Waals surface area contributed by atoms with Gasteiger partial charge in [0.1, 0.15) is 0 Å². The van der Waals surface area contributed by atoms with Gasteiger partial charge in [-0.1, -0.05) is 22.9 Å². The predicted octanol–water partition coefficient (Wildman–Crippen LogP) is 3.08. The van der Waals surface area contributed by atoms with Crippen LogP contribution < -0.4 is 10.6 Å². The number of anilines is 1. The zero-order chi connectivity index (χ0) is 13.1. The second-order valence-electron chi connectivity index (χ2n) is 5.08. The summed E-state index contributed by atoms with van der Waals surface area (Å²) in [5.74, 6) is 0.694. The van der Waals surface area contributed by atoms with Gasteiger partial charge in [-0.05, 0) is 56.0 Å². The summed E-state index contributed by atoms with van der Waals surface area (Å²) in [5.41, 5.74) is 1.96. The van der Waals surface area contributed by atoms with Crippen molar-refractivity contribution in [1.82, 2.24) is 5.32 Å². The SMILES string of the molecule is Cc1cc(Br)ccc1NC(=O)C1CC(C)CCN1. The molecule has 1 aromatic carbocycles. The topological polar surface area (TPSA) is 41.1 Å². The van der Waals surface area contributed by atoms with Crippen molar-refractivity contribution >= 4 is 27.5 Å². The molecule has 1 heterocycles. The van der Waals surface area contributed by atoms with E-state index < -0.39 is 0 Å². The van der Waals surface area contributed by atoms with E-state index in [0.717, 1.165) is 35.1 Å². The molecule has 18 heavy (non-hydrogen) atoms. The third-order valence-corrected chi connectivity index (χ3v) is 3.92. The van der Waals surface area contributed by atoms with Crippen molar-refractivity contribution in [3.05, 3.63) is 28.2 Å². The fourth-order valence-electron chi connectivity index (χ4n) is 2.29. The van der Waals surface area contributed by atoms with Crippen molar-refractivity contribution in [3.8, 4) is 0 Å². The molecule has 2 N–H and O–H groups in total. The normalized spacial score (nSPS) is 23.7. The minimum atomic E-state index is -0.0585. The average Bonchev–Trinajstić information content (AvgIpc) is 2.32. The monoisotopic (exact) mass is 310 g/mol. The van der Waals surface area contributed by atoms with Crippen LogP contribution in [0.3, 0.4) is 0 Å². The zero-order valence-corrected chi connectivity index (χ0v) is 12.4. The first-order valence-corrected chi connectivity index (χ1v) is 7.16. The largest absolute Gasteiger partial charge is 0.324 e. The lowest BCUT2D eigenvalue weighted by molar-refractivity contribution is -0.119. The molecule has 0 saturated carbocycles. The number of piperidine rings is 1. The molecule has 2 unspecified atom stereocenters. The van der Waals surface area contributed by atoms with Crippen molar-refractivity contribution in [3.63, 3.8) is 0 Å². The van der Waals surface area contributed by atoms with Gasteiger partial charge in [-0.15, -0.1) is 0 Å². The maximum absolute atomic E-state index is 12.2. The Kier molecular flexibility index (Phi) is 4.40. The maximum atomic E-state index is 12.2. The number of nitrogens with one attached hydrogen (secondary N) is 2. The van der Waals surface area contributed by atoms with E-state index in [2.05, 4.69) is 33.5 Å². The number of hydrogen-bond donors (Lipinski definition) is 2. The van der Waals surface area contributed by atoms with Crippen LogP contribution in [0.1, 0.15) is 25.3 Å². The van der Waals surface area contributed by atoms with Crippen molar-refractivity contribution in [1.29, 1.82) is 0 Å². The first-order chi connectivity index (χ1) is 8.56. The standard InChI is InChI=1S/C14H19BrN2O/c1-9-5-6-16-13(7-9)14(18)17-12-4-3-11(15)8-10(12)2/h3-4,8-9,13,16H,5-7H2,1-2H3,(H,17,18). The molecule has 0 aliphatic carbocycles. The van der Waals surface area contributed by atoms with E-state index in [-0.39, 0.29) is 11.9 Å². The minimum Gasteiger partial charge on any atom is -0.324 e. The summed E-state index contributed by atoms with van der Waals surface area (Å²) in [7, 11) is 0. The Hall–Kier alpha value is -0.870. The lowest BCUT2D eigenvalue weighted by atomic mass is 9.94. The van der Waals surface area contributed by atoms with Crippen LogP contribution in [-0.4, -0.2) is 18.5 Å². The van der Waals surface area contributed by atoms with Crippen molar-refractivity contribution in [2.24, 2.45) is 5.92 Å². The fraction of sp³-hybridized carbons (Fsp3) is 0.500. The van der Waals surface area contributed by atoms with Crippen LogP contribution in [0.25, 0.3) is 0 Å². The summed E-state index contributed by atoms with van der Waals surface area (Å²) >= 11 is 3.42. The molecule has 0 radical (unpaired) electrons. The molecule has 4 heteroatoms. The zero-order valence-electron chi connectivity index (χ0n) is 10.8. The first-order valence-electron chi connectivity index (χ1n) is 6.36. The molecule has 0 bridgehead atoms. The molecule has 0 spiro atoms. The van der Waals surface area contributed by atoms with Crippen LogP contribution in [0.15, 0.2) is 22.7 Å². The molecule has 1 aliphatic rings. The Morgan fingerprint density at radius 3 is 2.94 bits per heavy atom. The van der Waals surface area contributed by atoms with Crippen LogP contribution in [0.5, 0.6) is 0 Å². The molecule has 2 rings (SSSR count). The molecule has 1 amide bonds. The lowest BCUT2D eigenvalue weighted by Crippen LogP contribution is -2.45. The number of halogens is 1. The molecule has 1 aliphatic heterocycles. The fourth-order valence-corrected chi connectivity index (χ4v) is 2.77. The second-order valence-corrected chi connectivity index (χ2v) is 6.00. The maximum Gasteiger partial charge on any atom is 0.241 e. The van der Waals surface area contributed by atoms with E-state index in [1.54, 1.807) is 0 Å². The Morgan fingerprint density at radius 1 is 1.50 bits per heavy atom. The van der Waals surface area contributed by atoms with Gasteiger partial charge >= 0.3 is 0 Å². The predicted molar refractivity (Wildman–Crippen MR) is 77.7 cm³/mol. The first kappa shape index (κ1) is 13.6. The summed E-state index contributed by atoms with van der Waals surface area (Å²) in [6, 6.07) is 5.83. The Bertz CT molecular complexity index is 447. The Labute approximate surface area is 116 Å². The molecule has 1 aromatic rings. The van der Waals surface area contributed by atoms with Gasteiger partial charge in [-0.3, -0.25) is 4.79 Å². The highest BCUT2D eigenvalue weighted by atomic mass is 79.9. The van der Waals surface area contributed by atoms with Gasteiger partial charge in [0, 0.05) is 10.2 Å². The number of carbonyl (C=O) groups is 1. The number of benzene rings is 1. The van der Waals surface area contributed by atoms with Gasteiger partial charge in [-0.2, -0.15) is 0 Å². The Balaban J connectivity index is 2.02. The van der Waals surface area contributed by atoms with Crippen molar-refractivity contribution < 1.29 is 4.79 Å². The van der Waals surface area contributed by atoms with E-state index in [0.29, 0.717) is 5.92 Å². The van der Waals surface area contributed by atoms with Crippen LogP contribution in [-0.2, 0) is 4.79 Å². The van der Waals surface area contributed by atoms with Crippen LogP contribution >= 0.6 is 15.9 Å². The molecular weight excluding hydrogens is 292 g/mol. The van der Waals surface area contributed by atoms with Crippen LogP contribution in [0.2, 0.25) is 0 Å². The van der Waals surface area contributed by atoms with Crippen molar-refractivity contribution in [2.45, 2.75) is 32.7 Å². The number of aryl methyl sites for hydroxylation is 1. The number of amides is 1. The van der Waals surface area contributed by atoms with E-state index in [4.69, 9.17) is 0 Å². The summed E-state index contributed by atoms with van der Waals surface area (Å²) in [6.45, 7) is 5.13. The van der Waals surface area contributed by atoms with Gasteiger partial charge in [0.05, 0.1) is 6.04 Å². The van der Waals surface area contributed by atoms with Gasteiger partial charge in [-0.25, -0.2) is 0 Å². The lowest BCUT2D eigenvalue weighted by Gasteiger charge is -2.27. The average molecular weight is 311 g/mol. The van der Waals surface area contributed by atoms with E-state index in [9.17, 15) is 4.79 Å². The molecule has 98 valence electrons. The third kappa shape index (κ3) is 3.33. The molecule has 0 aromatic heterocycles. The molecule has 2 atom stereocenters. The molecular formula is C14H19BrN2O. The van der Waals surface area contributed by atoms with Crippen molar-refractivity contribution in [2.75, 3.05) is 11.9 Å². The van der Waals surface area contributed by atoms with Gasteiger partial charge in [0.2, 0.25) is 5.91 Å².